The quantitative estimate of drug-likeness (QED) is 0.657. The average Bonchev–Trinajstić information content (AvgIpc) is 3.24. The molecule has 0 unspecified atom stereocenters. The van der Waals surface area contributed by atoms with Crippen LogP contribution in [0, 0.1) is 6.92 Å². The van der Waals surface area contributed by atoms with Gasteiger partial charge in [0.15, 0.2) is 5.76 Å². The number of methoxy groups -OCH3 is 1. The third-order valence-electron chi connectivity index (χ3n) is 4.02. The van der Waals surface area contributed by atoms with Crippen molar-refractivity contribution in [2.24, 2.45) is 0 Å². The molecule has 142 valence electrons. The first-order valence-electron chi connectivity index (χ1n) is 8.43. The van der Waals surface area contributed by atoms with E-state index in [9.17, 15) is 14.4 Å². The Kier molecular flexibility index (Phi) is 5.55. The van der Waals surface area contributed by atoms with E-state index in [1.54, 1.807) is 61.5 Å². The summed E-state index contributed by atoms with van der Waals surface area (Å²) in [6, 6.07) is 14.6. The van der Waals surface area contributed by atoms with Crippen LogP contribution in [0.15, 0.2) is 65.3 Å². The molecule has 0 spiro atoms. The van der Waals surface area contributed by atoms with Crippen LogP contribution in [0.2, 0.25) is 0 Å². The molecule has 0 saturated carbocycles. The number of rotatable bonds is 5. The van der Waals surface area contributed by atoms with Gasteiger partial charge in [-0.2, -0.15) is 0 Å². The first kappa shape index (κ1) is 18.9. The van der Waals surface area contributed by atoms with Crippen LogP contribution in [0.4, 0.5) is 11.4 Å². The predicted molar refractivity (Wildman–Crippen MR) is 104 cm³/mol. The summed E-state index contributed by atoms with van der Waals surface area (Å²) < 4.78 is 9.73. The van der Waals surface area contributed by atoms with Crippen LogP contribution >= 0.6 is 0 Å². The van der Waals surface area contributed by atoms with Crippen molar-refractivity contribution in [3.8, 4) is 0 Å². The highest BCUT2D eigenvalue weighted by atomic mass is 16.5. The lowest BCUT2D eigenvalue weighted by Crippen LogP contribution is -2.15. The lowest BCUT2D eigenvalue weighted by Gasteiger charge is -2.11. The molecule has 0 atom stereocenters. The normalized spacial score (nSPS) is 10.2. The first-order valence-corrected chi connectivity index (χ1v) is 8.43. The topological polar surface area (TPSA) is 97.6 Å². The molecule has 0 bridgehead atoms. The Bertz CT molecular complexity index is 1030. The first-order chi connectivity index (χ1) is 13.5. The van der Waals surface area contributed by atoms with E-state index in [1.807, 2.05) is 0 Å². The molecule has 7 nitrogen and oxygen atoms in total. The molecule has 0 radical (unpaired) electrons. The Hall–Kier alpha value is -3.87. The van der Waals surface area contributed by atoms with Crippen LogP contribution < -0.4 is 10.6 Å². The number of ether oxygens (including phenoxy) is 1. The summed E-state index contributed by atoms with van der Waals surface area (Å²) >= 11 is 0. The van der Waals surface area contributed by atoms with E-state index >= 15 is 0 Å². The Balaban J connectivity index is 1.73. The van der Waals surface area contributed by atoms with Crippen molar-refractivity contribution >= 4 is 29.2 Å². The number of carbonyl (C=O) groups is 3. The van der Waals surface area contributed by atoms with Gasteiger partial charge in [0.05, 0.1) is 18.9 Å². The molecule has 28 heavy (non-hydrogen) atoms. The number of esters is 1. The molecule has 7 heteroatoms. The zero-order valence-corrected chi connectivity index (χ0v) is 15.3. The van der Waals surface area contributed by atoms with Crippen molar-refractivity contribution < 1.29 is 23.5 Å². The molecule has 1 aromatic heterocycles. The maximum absolute atomic E-state index is 12.6. The Morgan fingerprint density at radius 1 is 0.893 bits per heavy atom. The van der Waals surface area contributed by atoms with Gasteiger partial charge in [-0.05, 0) is 61.0 Å². The third kappa shape index (κ3) is 4.27. The number of amides is 2. The number of furan rings is 1. The minimum Gasteiger partial charge on any atom is -0.465 e. The summed E-state index contributed by atoms with van der Waals surface area (Å²) in [5, 5.41) is 5.47. The SMILES string of the molecule is COC(=O)c1ccc(NC(=O)c2cccc(NC(=O)c3ccco3)c2)c(C)c1. The number of benzene rings is 2. The molecule has 0 aliphatic rings. The highest BCUT2D eigenvalue weighted by Gasteiger charge is 2.13. The number of hydrogen-bond acceptors (Lipinski definition) is 5. The van der Waals surface area contributed by atoms with E-state index in [2.05, 4.69) is 15.4 Å². The van der Waals surface area contributed by atoms with E-state index in [-0.39, 0.29) is 11.7 Å². The molecule has 2 N–H and O–H groups in total. The van der Waals surface area contributed by atoms with Crippen LogP contribution in [0.25, 0.3) is 0 Å². The molecule has 0 saturated heterocycles. The van der Waals surface area contributed by atoms with E-state index in [0.717, 1.165) is 5.56 Å². The number of anilines is 2. The summed E-state index contributed by atoms with van der Waals surface area (Å²) in [7, 11) is 1.31. The van der Waals surface area contributed by atoms with Gasteiger partial charge in [0.2, 0.25) is 0 Å². The predicted octanol–water partition coefficient (Wildman–Crippen LogP) is 3.88. The van der Waals surface area contributed by atoms with Gasteiger partial charge in [0.1, 0.15) is 0 Å². The minimum absolute atomic E-state index is 0.177. The number of aryl methyl sites for hydroxylation is 1. The summed E-state index contributed by atoms with van der Waals surface area (Å²) in [5.41, 5.74) is 2.53. The lowest BCUT2D eigenvalue weighted by atomic mass is 10.1. The summed E-state index contributed by atoms with van der Waals surface area (Å²) in [6.45, 7) is 1.78. The van der Waals surface area contributed by atoms with Crippen LogP contribution in [-0.4, -0.2) is 24.9 Å². The highest BCUT2D eigenvalue weighted by Crippen LogP contribution is 2.19. The number of nitrogens with one attached hydrogen (secondary N) is 2. The molecule has 1 heterocycles. The maximum atomic E-state index is 12.6. The molecule has 3 rings (SSSR count). The zero-order valence-electron chi connectivity index (χ0n) is 15.3. The van der Waals surface area contributed by atoms with Gasteiger partial charge in [0, 0.05) is 16.9 Å². The monoisotopic (exact) mass is 378 g/mol. The van der Waals surface area contributed by atoms with Gasteiger partial charge in [-0.3, -0.25) is 9.59 Å². The van der Waals surface area contributed by atoms with Gasteiger partial charge in [0.25, 0.3) is 11.8 Å². The van der Waals surface area contributed by atoms with Crippen molar-refractivity contribution in [1.29, 1.82) is 0 Å². The second kappa shape index (κ2) is 8.22. The van der Waals surface area contributed by atoms with E-state index in [4.69, 9.17) is 4.42 Å². The van der Waals surface area contributed by atoms with Crippen molar-refractivity contribution in [3.05, 3.63) is 83.3 Å². The standard InChI is InChI=1S/C21H18N2O5/c1-13-11-15(21(26)27-2)8-9-17(13)23-19(24)14-5-3-6-16(12-14)22-20(25)18-7-4-10-28-18/h3-12H,1-2H3,(H,22,25)(H,23,24). The number of carbonyl (C=O) groups excluding carboxylic acids is 3. The summed E-state index contributed by atoms with van der Waals surface area (Å²) in [6.07, 6.45) is 1.41. The van der Waals surface area contributed by atoms with Crippen LogP contribution in [0.1, 0.15) is 36.8 Å². The number of hydrogen-bond donors (Lipinski definition) is 2. The Morgan fingerprint density at radius 3 is 2.39 bits per heavy atom. The van der Waals surface area contributed by atoms with Gasteiger partial charge in [-0.15, -0.1) is 0 Å². The van der Waals surface area contributed by atoms with Gasteiger partial charge < -0.3 is 19.8 Å². The Labute approximate surface area is 161 Å². The lowest BCUT2D eigenvalue weighted by molar-refractivity contribution is 0.0600. The minimum atomic E-state index is -0.444. The summed E-state index contributed by atoms with van der Waals surface area (Å²) in [5.74, 6) is -1.02. The van der Waals surface area contributed by atoms with E-state index in [0.29, 0.717) is 22.5 Å². The van der Waals surface area contributed by atoms with Crippen molar-refractivity contribution in [3.63, 3.8) is 0 Å². The second-order valence-corrected chi connectivity index (χ2v) is 5.99. The summed E-state index contributed by atoms with van der Waals surface area (Å²) in [4.78, 5) is 36.2. The van der Waals surface area contributed by atoms with E-state index in [1.165, 1.54) is 13.4 Å². The molecule has 0 aliphatic heterocycles. The fourth-order valence-corrected chi connectivity index (χ4v) is 2.58. The van der Waals surface area contributed by atoms with E-state index < -0.39 is 11.9 Å². The average molecular weight is 378 g/mol. The van der Waals surface area contributed by atoms with Gasteiger partial charge in [-0.25, -0.2) is 4.79 Å². The molecular weight excluding hydrogens is 360 g/mol. The third-order valence-corrected chi connectivity index (χ3v) is 4.02. The van der Waals surface area contributed by atoms with Crippen molar-refractivity contribution in [1.82, 2.24) is 0 Å². The van der Waals surface area contributed by atoms with Crippen molar-refractivity contribution in [2.75, 3.05) is 17.7 Å². The highest BCUT2D eigenvalue weighted by molar-refractivity contribution is 6.07. The van der Waals surface area contributed by atoms with Crippen molar-refractivity contribution in [2.45, 2.75) is 6.92 Å². The zero-order chi connectivity index (χ0) is 20.1. The fraction of sp³-hybridized carbons (Fsp3) is 0.0952. The van der Waals surface area contributed by atoms with Crippen LogP contribution in [0.5, 0.6) is 0 Å². The maximum Gasteiger partial charge on any atom is 0.337 e. The largest absolute Gasteiger partial charge is 0.465 e. The Morgan fingerprint density at radius 2 is 1.71 bits per heavy atom. The molecule has 2 amide bonds. The smallest absolute Gasteiger partial charge is 0.337 e. The van der Waals surface area contributed by atoms with Crippen LogP contribution in [-0.2, 0) is 4.74 Å². The van der Waals surface area contributed by atoms with Gasteiger partial charge >= 0.3 is 5.97 Å². The molecule has 0 aliphatic carbocycles. The molecule has 3 aromatic rings. The molecule has 0 fully saturated rings. The van der Waals surface area contributed by atoms with Gasteiger partial charge in [-0.1, -0.05) is 6.07 Å². The fourth-order valence-electron chi connectivity index (χ4n) is 2.58. The van der Waals surface area contributed by atoms with Crippen LogP contribution in [0.3, 0.4) is 0 Å². The molecule has 2 aromatic carbocycles. The molecular formula is C21H18N2O5. The second-order valence-electron chi connectivity index (χ2n) is 5.99.